The van der Waals surface area contributed by atoms with E-state index in [0.717, 1.165) is 6.07 Å². The van der Waals surface area contributed by atoms with Crippen molar-refractivity contribution in [3.05, 3.63) is 17.7 Å². The van der Waals surface area contributed by atoms with E-state index in [1.807, 2.05) is 0 Å². The van der Waals surface area contributed by atoms with Crippen LogP contribution < -0.4 is 17.2 Å². The van der Waals surface area contributed by atoms with Gasteiger partial charge in [0, 0.05) is 11.3 Å². The Hall–Kier alpha value is -1.63. The first-order chi connectivity index (χ1) is 7.07. The van der Waals surface area contributed by atoms with E-state index < -0.39 is 17.3 Å². The van der Waals surface area contributed by atoms with Crippen molar-refractivity contribution < 1.29 is 18.3 Å². The maximum absolute atomic E-state index is 12.6. The standard InChI is InChI=1S/C9H12F3N3O/c1-8(16,9(10,11)12)5-2-4(13)3-6(14)7(5)15/h2-3,16H,13-15H2,1H3. The SMILES string of the molecule is CC(O)(c1cc(N)cc(N)c1N)C(F)(F)F. The number of hydrogen-bond donors (Lipinski definition) is 4. The molecule has 0 aromatic heterocycles. The van der Waals surface area contributed by atoms with E-state index in [2.05, 4.69) is 0 Å². The third-order valence-corrected chi connectivity index (χ3v) is 2.31. The van der Waals surface area contributed by atoms with Gasteiger partial charge in [-0.25, -0.2) is 0 Å². The van der Waals surface area contributed by atoms with E-state index in [1.54, 1.807) is 0 Å². The molecule has 0 spiro atoms. The van der Waals surface area contributed by atoms with Crippen LogP contribution in [0.4, 0.5) is 30.2 Å². The van der Waals surface area contributed by atoms with Gasteiger partial charge in [0.25, 0.3) is 0 Å². The van der Waals surface area contributed by atoms with Crippen molar-refractivity contribution in [3.8, 4) is 0 Å². The molecule has 1 aromatic carbocycles. The Labute approximate surface area is 89.8 Å². The number of hydrogen-bond acceptors (Lipinski definition) is 4. The molecule has 0 fully saturated rings. The maximum atomic E-state index is 12.6. The van der Waals surface area contributed by atoms with E-state index in [-0.39, 0.29) is 17.1 Å². The molecule has 7 heteroatoms. The molecule has 0 aliphatic rings. The predicted molar refractivity (Wildman–Crippen MR) is 55.3 cm³/mol. The second kappa shape index (κ2) is 3.44. The average Bonchev–Trinajstić information content (AvgIpc) is 2.09. The molecule has 0 saturated carbocycles. The normalized spacial score (nSPS) is 15.8. The number of anilines is 3. The van der Waals surface area contributed by atoms with Crippen molar-refractivity contribution in [2.75, 3.05) is 17.2 Å². The molecule has 4 nitrogen and oxygen atoms in total. The summed E-state index contributed by atoms with van der Waals surface area (Å²) in [7, 11) is 0. The zero-order valence-corrected chi connectivity index (χ0v) is 8.47. The summed E-state index contributed by atoms with van der Waals surface area (Å²) < 4.78 is 37.7. The lowest BCUT2D eigenvalue weighted by molar-refractivity contribution is -0.258. The molecule has 16 heavy (non-hydrogen) atoms. The van der Waals surface area contributed by atoms with E-state index in [4.69, 9.17) is 17.2 Å². The molecule has 0 bridgehead atoms. The van der Waals surface area contributed by atoms with Gasteiger partial charge >= 0.3 is 6.18 Å². The largest absolute Gasteiger partial charge is 0.421 e. The summed E-state index contributed by atoms with van der Waals surface area (Å²) in [6.07, 6.45) is -4.86. The Morgan fingerprint density at radius 1 is 1.12 bits per heavy atom. The van der Waals surface area contributed by atoms with Crippen LogP contribution >= 0.6 is 0 Å². The molecular weight excluding hydrogens is 223 g/mol. The second-order valence-electron chi connectivity index (χ2n) is 3.64. The number of aliphatic hydroxyl groups is 1. The molecule has 0 aliphatic carbocycles. The van der Waals surface area contributed by atoms with Crippen LogP contribution in [0.15, 0.2) is 12.1 Å². The Kier molecular flexibility index (Phi) is 2.68. The number of alkyl halides is 3. The van der Waals surface area contributed by atoms with Crippen molar-refractivity contribution in [1.82, 2.24) is 0 Å². The molecule has 0 radical (unpaired) electrons. The van der Waals surface area contributed by atoms with Gasteiger partial charge in [-0.05, 0) is 19.1 Å². The van der Waals surface area contributed by atoms with E-state index in [1.165, 1.54) is 6.07 Å². The second-order valence-corrected chi connectivity index (χ2v) is 3.64. The first-order valence-corrected chi connectivity index (χ1v) is 4.31. The summed E-state index contributed by atoms with van der Waals surface area (Å²) in [4.78, 5) is 0. The van der Waals surface area contributed by atoms with Gasteiger partial charge in [-0.15, -0.1) is 0 Å². The monoisotopic (exact) mass is 235 g/mol. The minimum Gasteiger partial charge on any atom is -0.399 e. The first kappa shape index (κ1) is 12.4. The quantitative estimate of drug-likeness (QED) is 0.550. The van der Waals surface area contributed by atoms with Crippen LogP contribution in [0.2, 0.25) is 0 Å². The highest BCUT2D eigenvalue weighted by atomic mass is 19.4. The van der Waals surface area contributed by atoms with Gasteiger partial charge in [0.15, 0.2) is 5.60 Å². The molecule has 0 heterocycles. The number of rotatable bonds is 1. The Morgan fingerprint density at radius 3 is 2.06 bits per heavy atom. The summed E-state index contributed by atoms with van der Waals surface area (Å²) in [6, 6.07) is 2.18. The third kappa shape index (κ3) is 1.85. The molecule has 7 N–H and O–H groups in total. The van der Waals surface area contributed by atoms with Crippen molar-refractivity contribution in [3.63, 3.8) is 0 Å². The van der Waals surface area contributed by atoms with Crippen LogP contribution in [0.3, 0.4) is 0 Å². The minimum atomic E-state index is -4.86. The van der Waals surface area contributed by atoms with E-state index >= 15 is 0 Å². The highest BCUT2D eigenvalue weighted by Gasteiger charge is 2.52. The van der Waals surface area contributed by atoms with Crippen LogP contribution in [0.5, 0.6) is 0 Å². The molecule has 0 amide bonds. The highest BCUT2D eigenvalue weighted by Crippen LogP contribution is 2.42. The molecule has 1 rings (SSSR count). The van der Waals surface area contributed by atoms with Gasteiger partial charge in [0.05, 0.1) is 11.4 Å². The molecule has 0 saturated heterocycles. The van der Waals surface area contributed by atoms with Crippen molar-refractivity contribution in [2.24, 2.45) is 0 Å². The molecule has 0 aliphatic heterocycles. The van der Waals surface area contributed by atoms with Crippen LogP contribution in [-0.4, -0.2) is 11.3 Å². The summed E-state index contributed by atoms with van der Waals surface area (Å²) in [5, 5.41) is 9.44. The lowest BCUT2D eigenvalue weighted by Gasteiger charge is -2.28. The smallest absolute Gasteiger partial charge is 0.399 e. The Bertz CT molecular complexity index is 415. The maximum Gasteiger partial charge on any atom is 0.421 e. The van der Waals surface area contributed by atoms with E-state index in [0.29, 0.717) is 6.92 Å². The topological polar surface area (TPSA) is 98.3 Å². The summed E-state index contributed by atoms with van der Waals surface area (Å²) in [5.41, 5.74) is 12.1. The zero-order chi connectivity index (χ0) is 12.7. The van der Waals surface area contributed by atoms with E-state index in [9.17, 15) is 18.3 Å². The predicted octanol–water partition coefficient (Wildman–Crippen LogP) is 1.20. The van der Waals surface area contributed by atoms with Gasteiger partial charge in [-0.2, -0.15) is 13.2 Å². The van der Waals surface area contributed by atoms with Gasteiger partial charge in [-0.1, -0.05) is 0 Å². The van der Waals surface area contributed by atoms with Crippen molar-refractivity contribution in [1.29, 1.82) is 0 Å². The third-order valence-electron chi connectivity index (χ3n) is 2.31. The zero-order valence-electron chi connectivity index (χ0n) is 8.47. The molecule has 1 unspecified atom stereocenters. The van der Waals surface area contributed by atoms with Gasteiger partial charge in [0.2, 0.25) is 0 Å². The lowest BCUT2D eigenvalue weighted by Crippen LogP contribution is -2.40. The number of benzene rings is 1. The summed E-state index contributed by atoms with van der Waals surface area (Å²) >= 11 is 0. The van der Waals surface area contributed by atoms with Gasteiger partial charge in [0.1, 0.15) is 0 Å². The van der Waals surface area contributed by atoms with Crippen molar-refractivity contribution >= 4 is 17.1 Å². The van der Waals surface area contributed by atoms with Crippen LogP contribution in [0, 0.1) is 0 Å². The number of nitrogens with two attached hydrogens (primary N) is 3. The fraction of sp³-hybridized carbons (Fsp3) is 0.333. The molecule has 90 valence electrons. The average molecular weight is 235 g/mol. The van der Waals surface area contributed by atoms with Crippen LogP contribution in [0.1, 0.15) is 12.5 Å². The summed E-state index contributed by atoms with van der Waals surface area (Å²) in [6.45, 7) is 0.595. The van der Waals surface area contributed by atoms with Crippen LogP contribution in [-0.2, 0) is 5.60 Å². The molecule has 1 aromatic rings. The lowest BCUT2D eigenvalue weighted by atomic mass is 9.92. The first-order valence-electron chi connectivity index (χ1n) is 4.31. The van der Waals surface area contributed by atoms with Crippen LogP contribution in [0.25, 0.3) is 0 Å². The van der Waals surface area contributed by atoms with Gasteiger partial charge in [-0.3, -0.25) is 0 Å². The fourth-order valence-corrected chi connectivity index (χ4v) is 1.25. The van der Waals surface area contributed by atoms with Gasteiger partial charge < -0.3 is 22.3 Å². The highest BCUT2D eigenvalue weighted by molar-refractivity contribution is 5.73. The molecular formula is C9H12F3N3O. The molecule has 1 atom stereocenters. The minimum absolute atomic E-state index is 0.00576. The van der Waals surface area contributed by atoms with Crippen molar-refractivity contribution in [2.45, 2.75) is 18.7 Å². The Morgan fingerprint density at radius 2 is 1.62 bits per heavy atom. The Balaban J connectivity index is 3.44. The fourth-order valence-electron chi connectivity index (χ4n) is 1.25. The number of nitrogen functional groups attached to an aromatic ring is 3. The number of halogens is 3. The summed E-state index contributed by atoms with van der Waals surface area (Å²) in [5.74, 6) is 0.